The SMILES string of the molecule is CC(NC(=O)C(CCCN=C(N)N)NC(=O)C(Cc1ccc(O)cc1)NC(=O)C1CCCN1)C(=O)O. The molecule has 4 unspecified atom stereocenters. The zero-order valence-electron chi connectivity index (χ0n) is 20.2. The molecule has 1 saturated heterocycles. The van der Waals surface area contributed by atoms with Crippen molar-refractivity contribution >= 4 is 29.7 Å². The minimum absolute atomic E-state index is 0.0593. The molecule has 1 fully saturated rings. The predicted octanol–water partition coefficient (Wildman–Crippen LogP) is -1.70. The van der Waals surface area contributed by atoms with Crippen LogP contribution in [0, 0.1) is 0 Å². The van der Waals surface area contributed by atoms with Crippen molar-refractivity contribution in [1.82, 2.24) is 21.3 Å². The number of aliphatic imine (C=N–C) groups is 1. The summed E-state index contributed by atoms with van der Waals surface area (Å²) in [4.78, 5) is 53.8. The molecule has 2 rings (SSSR count). The summed E-state index contributed by atoms with van der Waals surface area (Å²) in [6.07, 6.45) is 2.05. The molecule has 4 atom stereocenters. The van der Waals surface area contributed by atoms with Crippen LogP contribution < -0.4 is 32.7 Å². The van der Waals surface area contributed by atoms with Crippen LogP contribution in [-0.2, 0) is 25.6 Å². The van der Waals surface area contributed by atoms with Crippen LogP contribution in [0.15, 0.2) is 29.3 Å². The zero-order valence-corrected chi connectivity index (χ0v) is 20.2. The summed E-state index contributed by atoms with van der Waals surface area (Å²) in [5, 5.41) is 29.5. The Balaban J connectivity index is 2.18. The second kappa shape index (κ2) is 13.9. The van der Waals surface area contributed by atoms with Crippen LogP contribution in [0.3, 0.4) is 0 Å². The number of carbonyl (C=O) groups is 4. The lowest BCUT2D eigenvalue weighted by Gasteiger charge is -2.25. The van der Waals surface area contributed by atoms with Crippen LogP contribution in [0.1, 0.15) is 38.2 Å². The molecular formula is C23H35N7O6. The quantitative estimate of drug-likeness (QED) is 0.0868. The summed E-state index contributed by atoms with van der Waals surface area (Å²) in [7, 11) is 0. The predicted molar refractivity (Wildman–Crippen MR) is 132 cm³/mol. The topological polar surface area (TPSA) is 221 Å². The first kappa shape index (κ1) is 28.4. The molecule has 1 aliphatic rings. The summed E-state index contributed by atoms with van der Waals surface area (Å²) >= 11 is 0. The van der Waals surface area contributed by atoms with Gasteiger partial charge in [-0.15, -0.1) is 0 Å². The molecule has 13 heteroatoms. The molecule has 13 nitrogen and oxygen atoms in total. The molecule has 0 bridgehead atoms. The van der Waals surface area contributed by atoms with Gasteiger partial charge >= 0.3 is 5.97 Å². The van der Waals surface area contributed by atoms with E-state index in [1.165, 1.54) is 19.1 Å². The zero-order chi connectivity index (χ0) is 26.7. The summed E-state index contributed by atoms with van der Waals surface area (Å²) in [5.41, 5.74) is 11.3. The summed E-state index contributed by atoms with van der Waals surface area (Å²) in [6.45, 7) is 2.21. The van der Waals surface area contributed by atoms with Crippen LogP contribution in [0.4, 0.5) is 0 Å². The van der Waals surface area contributed by atoms with Gasteiger partial charge in [-0.3, -0.25) is 24.2 Å². The Kier molecular flexibility index (Phi) is 10.9. The Bertz CT molecular complexity index is 943. The number of nitrogens with one attached hydrogen (secondary N) is 4. The second-order valence-electron chi connectivity index (χ2n) is 8.66. The highest BCUT2D eigenvalue weighted by atomic mass is 16.4. The maximum atomic E-state index is 13.3. The average molecular weight is 506 g/mol. The van der Waals surface area contributed by atoms with Crippen molar-refractivity contribution in [3.05, 3.63) is 29.8 Å². The van der Waals surface area contributed by atoms with E-state index in [4.69, 9.17) is 16.6 Å². The summed E-state index contributed by atoms with van der Waals surface area (Å²) in [6, 6.07) is 2.50. The van der Waals surface area contributed by atoms with Gasteiger partial charge in [0.1, 0.15) is 23.9 Å². The third-order valence-electron chi connectivity index (χ3n) is 5.69. The standard InChI is InChI=1S/C23H35N7O6/c1-13(22(35)36)28-20(33)17(5-3-11-27-23(24)25)29-21(34)18(12-14-6-8-15(31)9-7-14)30-19(32)16-4-2-10-26-16/h6-9,13,16-18,26,31H,2-5,10-12H2,1H3,(H,28,33)(H,29,34)(H,30,32)(H,35,36)(H4,24,25,27). The van der Waals surface area contributed by atoms with E-state index in [0.29, 0.717) is 24.9 Å². The minimum Gasteiger partial charge on any atom is -0.508 e. The number of benzene rings is 1. The fourth-order valence-corrected chi connectivity index (χ4v) is 3.68. The number of phenolic OH excluding ortho intramolecular Hbond substituents is 1. The molecule has 3 amide bonds. The number of aromatic hydroxyl groups is 1. The molecule has 0 radical (unpaired) electrons. The van der Waals surface area contributed by atoms with E-state index in [9.17, 15) is 24.3 Å². The number of hydrogen-bond acceptors (Lipinski definition) is 7. The Morgan fingerprint density at radius 2 is 1.75 bits per heavy atom. The van der Waals surface area contributed by atoms with E-state index in [-0.39, 0.29) is 37.0 Å². The molecule has 0 spiro atoms. The number of aliphatic carboxylic acids is 1. The summed E-state index contributed by atoms with van der Waals surface area (Å²) < 4.78 is 0. The van der Waals surface area contributed by atoms with Crippen LogP contribution in [-0.4, -0.2) is 77.1 Å². The van der Waals surface area contributed by atoms with E-state index in [1.54, 1.807) is 12.1 Å². The van der Waals surface area contributed by atoms with Gasteiger partial charge in [0.2, 0.25) is 17.7 Å². The number of rotatable bonds is 13. The van der Waals surface area contributed by atoms with Gasteiger partial charge in [0, 0.05) is 13.0 Å². The Morgan fingerprint density at radius 1 is 1.08 bits per heavy atom. The van der Waals surface area contributed by atoms with Gasteiger partial charge < -0.3 is 42.9 Å². The second-order valence-corrected chi connectivity index (χ2v) is 8.66. The molecule has 198 valence electrons. The largest absolute Gasteiger partial charge is 0.508 e. The fourth-order valence-electron chi connectivity index (χ4n) is 3.68. The van der Waals surface area contributed by atoms with E-state index in [2.05, 4.69) is 26.3 Å². The Hall–Kier alpha value is -3.87. The number of nitrogens with two attached hydrogens (primary N) is 2. The Morgan fingerprint density at radius 3 is 2.33 bits per heavy atom. The highest BCUT2D eigenvalue weighted by Crippen LogP contribution is 2.13. The molecule has 0 aromatic heterocycles. The van der Waals surface area contributed by atoms with Crippen molar-refractivity contribution in [2.75, 3.05) is 13.1 Å². The van der Waals surface area contributed by atoms with Gasteiger partial charge in [0.25, 0.3) is 0 Å². The Labute approximate surface area is 209 Å². The molecule has 1 aromatic rings. The normalized spacial score (nSPS) is 17.3. The average Bonchev–Trinajstić information content (AvgIpc) is 3.36. The fraction of sp³-hybridized carbons (Fsp3) is 0.522. The van der Waals surface area contributed by atoms with Crippen LogP contribution in [0.2, 0.25) is 0 Å². The van der Waals surface area contributed by atoms with Gasteiger partial charge in [-0.05, 0) is 56.8 Å². The van der Waals surface area contributed by atoms with Gasteiger partial charge in [0.05, 0.1) is 6.04 Å². The van der Waals surface area contributed by atoms with Crippen LogP contribution in [0.5, 0.6) is 5.75 Å². The molecule has 1 aliphatic heterocycles. The van der Waals surface area contributed by atoms with Crippen molar-refractivity contribution in [2.45, 2.75) is 63.2 Å². The third kappa shape index (κ3) is 9.41. The highest BCUT2D eigenvalue weighted by molar-refractivity contribution is 5.94. The monoisotopic (exact) mass is 505 g/mol. The molecule has 0 aliphatic carbocycles. The lowest BCUT2D eigenvalue weighted by atomic mass is 10.0. The van der Waals surface area contributed by atoms with Crippen molar-refractivity contribution in [3.8, 4) is 5.75 Å². The van der Waals surface area contributed by atoms with Crippen LogP contribution in [0.25, 0.3) is 0 Å². The minimum atomic E-state index is -1.23. The lowest BCUT2D eigenvalue weighted by Crippen LogP contribution is -2.57. The van der Waals surface area contributed by atoms with E-state index in [1.807, 2.05) is 0 Å². The van der Waals surface area contributed by atoms with Crippen molar-refractivity contribution in [3.63, 3.8) is 0 Å². The van der Waals surface area contributed by atoms with Gasteiger partial charge in [-0.25, -0.2) is 0 Å². The van der Waals surface area contributed by atoms with Crippen molar-refractivity contribution in [1.29, 1.82) is 0 Å². The number of phenols is 1. The number of carboxylic acids is 1. The van der Waals surface area contributed by atoms with Gasteiger partial charge in [-0.1, -0.05) is 12.1 Å². The number of carbonyl (C=O) groups excluding carboxylic acids is 3. The lowest BCUT2D eigenvalue weighted by molar-refractivity contribution is -0.141. The molecule has 10 N–H and O–H groups in total. The maximum Gasteiger partial charge on any atom is 0.325 e. The number of carboxylic acid groups (broad SMARTS) is 1. The van der Waals surface area contributed by atoms with Crippen molar-refractivity contribution < 1.29 is 29.4 Å². The molecule has 1 aromatic carbocycles. The first-order valence-electron chi connectivity index (χ1n) is 11.8. The van der Waals surface area contributed by atoms with Gasteiger partial charge in [0.15, 0.2) is 5.96 Å². The molecule has 0 saturated carbocycles. The number of hydrogen-bond donors (Lipinski definition) is 8. The van der Waals surface area contributed by atoms with E-state index < -0.39 is 42.0 Å². The van der Waals surface area contributed by atoms with Crippen molar-refractivity contribution in [2.24, 2.45) is 16.5 Å². The highest BCUT2D eigenvalue weighted by Gasteiger charge is 2.30. The molecular weight excluding hydrogens is 470 g/mol. The maximum absolute atomic E-state index is 13.3. The van der Waals surface area contributed by atoms with Crippen LogP contribution >= 0.6 is 0 Å². The van der Waals surface area contributed by atoms with E-state index in [0.717, 1.165) is 6.42 Å². The first-order chi connectivity index (χ1) is 17.1. The molecule has 36 heavy (non-hydrogen) atoms. The number of guanidine groups is 1. The first-order valence-corrected chi connectivity index (χ1v) is 11.8. The number of amides is 3. The van der Waals surface area contributed by atoms with E-state index >= 15 is 0 Å². The van der Waals surface area contributed by atoms with Gasteiger partial charge in [-0.2, -0.15) is 0 Å². The smallest absolute Gasteiger partial charge is 0.325 e. The molecule has 1 heterocycles. The summed E-state index contributed by atoms with van der Waals surface area (Å²) in [5.74, 6) is -2.91. The third-order valence-corrected chi connectivity index (χ3v) is 5.69. The number of nitrogens with zero attached hydrogens (tertiary/aromatic N) is 1.